The molecule has 6 heteroatoms. The van der Waals surface area contributed by atoms with Crippen LogP contribution >= 0.6 is 11.6 Å². The lowest BCUT2D eigenvalue weighted by molar-refractivity contribution is -0.0499. The highest BCUT2D eigenvalue weighted by atomic mass is 35.5. The standard InChI is InChI=1S/C15H12ClF2NO2/c16-13-7-3-1-6-12(13)10-20-19-9-11-5-2-4-8-14(11)21-15(17)18/h1-9,15H,10H2/b19-9+. The van der Waals surface area contributed by atoms with E-state index in [1.165, 1.54) is 12.3 Å². The molecule has 0 spiro atoms. The third kappa shape index (κ3) is 4.72. The van der Waals surface area contributed by atoms with Gasteiger partial charge < -0.3 is 9.57 Å². The molecule has 0 fully saturated rings. The lowest BCUT2D eigenvalue weighted by Gasteiger charge is -2.07. The van der Waals surface area contributed by atoms with Crippen LogP contribution in [0.3, 0.4) is 0 Å². The van der Waals surface area contributed by atoms with Crippen molar-refractivity contribution in [3.05, 3.63) is 64.7 Å². The largest absolute Gasteiger partial charge is 0.434 e. The summed E-state index contributed by atoms with van der Waals surface area (Å²) < 4.78 is 28.9. The van der Waals surface area contributed by atoms with E-state index < -0.39 is 6.61 Å². The lowest BCUT2D eigenvalue weighted by atomic mass is 10.2. The minimum atomic E-state index is -2.89. The quantitative estimate of drug-likeness (QED) is 0.581. The molecule has 0 N–H and O–H groups in total. The maximum absolute atomic E-state index is 12.2. The molecular formula is C15H12ClF2NO2. The fourth-order valence-electron chi connectivity index (χ4n) is 1.61. The molecule has 0 saturated heterocycles. The molecule has 0 amide bonds. The third-order valence-corrected chi connectivity index (χ3v) is 2.95. The van der Waals surface area contributed by atoms with Crippen LogP contribution in [0.4, 0.5) is 8.78 Å². The number of ether oxygens (including phenoxy) is 1. The van der Waals surface area contributed by atoms with E-state index in [-0.39, 0.29) is 12.4 Å². The SMILES string of the molecule is FC(F)Oc1ccccc1/C=N/OCc1ccccc1Cl. The van der Waals surface area contributed by atoms with E-state index >= 15 is 0 Å². The van der Waals surface area contributed by atoms with Crippen LogP contribution in [0.2, 0.25) is 5.02 Å². The molecule has 21 heavy (non-hydrogen) atoms. The van der Waals surface area contributed by atoms with Gasteiger partial charge in [0, 0.05) is 16.1 Å². The second kappa shape index (κ2) is 7.59. The number of alkyl halides is 2. The molecule has 0 aliphatic heterocycles. The van der Waals surface area contributed by atoms with Gasteiger partial charge in [-0.2, -0.15) is 8.78 Å². The Morgan fingerprint density at radius 3 is 2.57 bits per heavy atom. The molecule has 0 unspecified atom stereocenters. The van der Waals surface area contributed by atoms with Crippen LogP contribution in [0.25, 0.3) is 0 Å². The summed E-state index contributed by atoms with van der Waals surface area (Å²) in [6.07, 6.45) is 1.31. The Morgan fingerprint density at radius 2 is 1.81 bits per heavy atom. The Hall–Kier alpha value is -2.14. The van der Waals surface area contributed by atoms with Crippen molar-refractivity contribution in [2.75, 3.05) is 0 Å². The number of hydrogen-bond acceptors (Lipinski definition) is 3. The summed E-state index contributed by atoms with van der Waals surface area (Å²) in [5.41, 5.74) is 1.19. The van der Waals surface area contributed by atoms with Crippen molar-refractivity contribution in [1.29, 1.82) is 0 Å². The Morgan fingerprint density at radius 1 is 1.10 bits per heavy atom. The van der Waals surface area contributed by atoms with Crippen molar-refractivity contribution in [3.63, 3.8) is 0 Å². The summed E-state index contributed by atoms with van der Waals surface area (Å²) in [5.74, 6) is 0.0394. The number of nitrogens with zero attached hydrogens (tertiary/aromatic N) is 1. The van der Waals surface area contributed by atoms with E-state index in [1.54, 1.807) is 24.3 Å². The molecule has 2 rings (SSSR count). The van der Waals surface area contributed by atoms with Gasteiger partial charge in [0.15, 0.2) is 0 Å². The highest BCUT2D eigenvalue weighted by Gasteiger charge is 2.07. The van der Waals surface area contributed by atoms with E-state index in [4.69, 9.17) is 16.4 Å². The number of para-hydroxylation sites is 1. The van der Waals surface area contributed by atoms with Crippen molar-refractivity contribution >= 4 is 17.8 Å². The molecule has 0 aliphatic carbocycles. The molecule has 110 valence electrons. The molecule has 0 aromatic heterocycles. The summed E-state index contributed by atoms with van der Waals surface area (Å²) in [6.45, 7) is -2.70. The Bertz CT molecular complexity index is 620. The van der Waals surface area contributed by atoms with Gasteiger partial charge in [0.25, 0.3) is 0 Å². The van der Waals surface area contributed by atoms with Crippen molar-refractivity contribution in [2.24, 2.45) is 5.16 Å². The van der Waals surface area contributed by atoms with E-state index in [1.807, 2.05) is 18.2 Å². The van der Waals surface area contributed by atoms with Gasteiger partial charge in [0.2, 0.25) is 0 Å². The molecule has 0 atom stereocenters. The number of benzene rings is 2. The second-order valence-electron chi connectivity index (χ2n) is 4.02. The minimum absolute atomic E-state index is 0.0394. The van der Waals surface area contributed by atoms with Crippen LogP contribution in [0, 0.1) is 0 Å². The Balaban J connectivity index is 1.97. The van der Waals surface area contributed by atoms with Gasteiger partial charge in [-0.25, -0.2) is 0 Å². The zero-order chi connectivity index (χ0) is 15.1. The first-order valence-electron chi connectivity index (χ1n) is 6.09. The topological polar surface area (TPSA) is 30.8 Å². The zero-order valence-corrected chi connectivity index (χ0v) is 11.6. The summed E-state index contributed by atoms with van der Waals surface area (Å²) in [6, 6.07) is 13.5. The third-order valence-electron chi connectivity index (χ3n) is 2.58. The molecule has 0 radical (unpaired) electrons. The zero-order valence-electron chi connectivity index (χ0n) is 10.9. The summed E-state index contributed by atoms with van der Waals surface area (Å²) >= 11 is 5.97. The molecule has 3 nitrogen and oxygen atoms in total. The average Bonchev–Trinajstić information content (AvgIpc) is 2.46. The van der Waals surface area contributed by atoms with Crippen molar-refractivity contribution in [3.8, 4) is 5.75 Å². The summed E-state index contributed by atoms with van der Waals surface area (Å²) in [7, 11) is 0. The van der Waals surface area contributed by atoms with Gasteiger partial charge in [-0.1, -0.05) is 47.1 Å². The van der Waals surface area contributed by atoms with E-state index in [0.717, 1.165) is 5.56 Å². The molecule has 0 heterocycles. The van der Waals surface area contributed by atoms with Crippen LogP contribution < -0.4 is 4.74 Å². The van der Waals surface area contributed by atoms with E-state index in [9.17, 15) is 8.78 Å². The van der Waals surface area contributed by atoms with Crippen LogP contribution in [-0.2, 0) is 11.4 Å². The fraction of sp³-hybridized carbons (Fsp3) is 0.133. The molecule has 0 aliphatic rings. The smallest absolute Gasteiger partial charge is 0.387 e. The molecule has 2 aromatic carbocycles. The highest BCUT2D eigenvalue weighted by Crippen LogP contribution is 2.19. The summed E-state index contributed by atoms with van der Waals surface area (Å²) in [4.78, 5) is 5.11. The van der Waals surface area contributed by atoms with Gasteiger partial charge in [-0.05, 0) is 18.2 Å². The first-order chi connectivity index (χ1) is 10.2. The Kier molecular flexibility index (Phi) is 5.51. The maximum atomic E-state index is 12.2. The molecule has 2 aromatic rings. The highest BCUT2D eigenvalue weighted by molar-refractivity contribution is 6.31. The Labute approximate surface area is 125 Å². The molecule has 0 bridgehead atoms. The first-order valence-corrected chi connectivity index (χ1v) is 6.47. The van der Waals surface area contributed by atoms with E-state index in [0.29, 0.717) is 10.6 Å². The predicted octanol–water partition coefficient (Wildman–Crippen LogP) is 4.49. The van der Waals surface area contributed by atoms with Gasteiger partial charge in [0.1, 0.15) is 12.4 Å². The van der Waals surface area contributed by atoms with Crippen molar-refractivity contribution < 1.29 is 18.4 Å². The molecular weight excluding hydrogens is 300 g/mol. The van der Waals surface area contributed by atoms with Crippen LogP contribution in [-0.4, -0.2) is 12.8 Å². The van der Waals surface area contributed by atoms with Crippen LogP contribution in [0.5, 0.6) is 5.75 Å². The normalized spacial score (nSPS) is 11.0. The maximum Gasteiger partial charge on any atom is 0.387 e. The minimum Gasteiger partial charge on any atom is -0.434 e. The van der Waals surface area contributed by atoms with Gasteiger partial charge in [-0.15, -0.1) is 0 Å². The number of rotatable bonds is 6. The summed E-state index contributed by atoms with van der Waals surface area (Å²) in [5, 5.41) is 4.32. The van der Waals surface area contributed by atoms with Crippen molar-refractivity contribution in [1.82, 2.24) is 0 Å². The fourth-order valence-corrected chi connectivity index (χ4v) is 1.80. The lowest BCUT2D eigenvalue weighted by Crippen LogP contribution is -2.04. The van der Waals surface area contributed by atoms with Crippen LogP contribution in [0.1, 0.15) is 11.1 Å². The second-order valence-corrected chi connectivity index (χ2v) is 4.42. The first kappa shape index (κ1) is 15.3. The van der Waals surface area contributed by atoms with Crippen molar-refractivity contribution in [2.45, 2.75) is 13.2 Å². The van der Waals surface area contributed by atoms with Gasteiger partial charge >= 0.3 is 6.61 Å². The number of halogens is 3. The van der Waals surface area contributed by atoms with Gasteiger partial charge in [0.05, 0.1) is 6.21 Å². The average molecular weight is 312 g/mol. The molecule has 0 saturated carbocycles. The number of oxime groups is 1. The van der Waals surface area contributed by atoms with Gasteiger partial charge in [-0.3, -0.25) is 0 Å². The number of hydrogen-bond donors (Lipinski definition) is 0. The van der Waals surface area contributed by atoms with Crippen LogP contribution in [0.15, 0.2) is 53.7 Å². The predicted molar refractivity (Wildman–Crippen MR) is 76.9 cm³/mol. The van der Waals surface area contributed by atoms with E-state index in [2.05, 4.69) is 9.89 Å². The monoisotopic (exact) mass is 311 g/mol.